The van der Waals surface area contributed by atoms with Gasteiger partial charge in [-0.25, -0.2) is 8.42 Å². The SMILES string of the molecule is CCN(C1CC1)S(=O)(=O)c1cc(CNC)ccc1Cl. The Morgan fingerprint density at radius 3 is 2.63 bits per heavy atom. The first-order valence-electron chi connectivity index (χ1n) is 6.45. The van der Waals surface area contributed by atoms with Crippen LogP contribution in [0.3, 0.4) is 0 Å². The third kappa shape index (κ3) is 3.11. The Balaban J connectivity index is 2.40. The van der Waals surface area contributed by atoms with Gasteiger partial charge in [-0.1, -0.05) is 24.6 Å². The molecule has 1 aromatic rings. The van der Waals surface area contributed by atoms with Crippen molar-refractivity contribution in [3.05, 3.63) is 28.8 Å². The molecule has 19 heavy (non-hydrogen) atoms. The maximum atomic E-state index is 12.6. The molecule has 1 saturated carbocycles. The van der Waals surface area contributed by atoms with Crippen molar-refractivity contribution in [3.8, 4) is 0 Å². The van der Waals surface area contributed by atoms with Gasteiger partial charge in [-0.3, -0.25) is 0 Å². The molecule has 0 atom stereocenters. The summed E-state index contributed by atoms with van der Waals surface area (Å²) in [5, 5.41) is 3.30. The van der Waals surface area contributed by atoms with E-state index in [-0.39, 0.29) is 10.9 Å². The maximum absolute atomic E-state index is 12.6. The molecule has 0 amide bonds. The minimum absolute atomic E-state index is 0.152. The fourth-order valence-electron chi connectivity index (χ4n) is 2.17. The van der Waals surface area contributed by atoms with Gasteiger partial charge in [-0.2, -0.15) is 4.31 Å². The maximum Gasteiger partial charge on any atom is 0.244 e. The normalized spacial score (nSPS) is 16.0. The minimum atomic E-state index is -3.49. The number of hydrogen-bond donors (Lipinski definition) is 1. The lowest BCUT2D eigenvalue weighted by Gasteiger charge is -2.21. The Kier molecular flexibility index (Phi) is 4.50. The van der Waals surface area contributed by atoms with E-state index in [1.165, 1.54) is 0 Å². The fourth-order valence-corrected chi connectivity index (χ4v) is 4.39. The standard InChI is InChI=1S/C13H19ClN2O2S/c1-3-16(11-5-6-11)19(17,18)13-8-10(9-15-2)4-7-12(13)14/h4,7-8,11,15H,3,5-6,9H2,1-2H3. The number of nitrogens with zero attached hydrogens (tertiary/aromatic N) is 1. The molecule has 0 heterocycles. The van der Waals surface area contributed by atoms with Crippen molar-refractivity contribution >= 4 is 21.6 Å². The van der Waals surface area contributed by atoms with E-state index >= 15 is 0 Å². The van der Waals surface area contributed by atoms with Crippen LogP contribution >= 0.6 is 11.6 Å². The number of benzene rings is 1. The lowest BCUT2D eigenvalue weighted by atomic mass is 10.2. The highest BCUT2D eigenvalue weighted by Gasteiger charge is 2.37. The van der Waals surface area contributed by atoms with Crippen LogP contribution in [-0.4, -0.2) is 32.4 Å². The van der Waals surface area contributed by atoms with Gasteiger partial charge in [0.1, 0.15) is 4.90 Å². The topological polar surface area (TPSA) is 49.4 Å². The second-order valence-corrected chi connectivity index (χ2v) is 7.00. The molecule has 0 bridgehead atoms. The largest absolute Gasteiger partial charge is 0.316 e. The molecule has 0 aliphatic heterocycles. The molecule has 2 rings (SSSR count). The minimum Gasteiger partial charge on any atom is -0.316 e. The zero-order chi connectivity index (χ0) is 14.0. The first-order chi connectivity index (χ1) is 9.00. The second kappa shape index (κ2) is 5.79. The van der Waals surface area contributed by atoms with E-state index in [0.717, 1.165) is 18.4 Å². The zero-order valence-electron chi connectivity index (χ0n) is 11.2. The van der Waals surface area contributed by atoms with Gasteiger partial charge in [0.05, 0.1) is 5.02 Å². The number of rotatable bonds is 6. The molecule has 1 aliphatic rings. The number of hydrogen-bond acceptors (Lipinski definition) is 3. The first kappa shape index (κ1) is 14.8. The third-order valence-electron chi connectivity index (χ3n) is 3.23. The van der Waals surface area contributed by atoms with E-state index in [2.05, 4.69) is 5.32 Å². The highest BCUT2D eigenvalue weighted by atomic mass is 35.5. The number of nitrogens with one attached hydrogen (secondary N) is 1. The summed E-state index contributed by atoms with van der Waals surface area (Å²) in [6.45, 7) is 2.97. The monoisotopic (exact) mass is 302 g/mol. The highest BCUT2D eigenvalue weighted by molar-refractivity contribution is 7.89. The Labute approximate surface area is 119 Å². The van der Waals surface area contributed by atoms with Gasteiger partial charge in [-0.15, -0.1) is 0 Å². The van der Waals surface area contributed by atoms with Gasteiger partial charge in [0, 0.05) is 19.1 Å². The summed E-state index contributed by atoms with van der Waals surface area (Å²) in [5.74, 6) is 0. The zero-order valence-corrected chi connectivity index (χ0v) is 12.8. The summed E-state index contributed by atoms with van der Waals surface area (Å²) in [4.78, 5) is 0.218. The Morgan fingerprint density at radius 1 is 1.42 bits per heavy atom. The van der Waals surface area contributed by atoms with Gasteiger partial charge in [0.25, 0.3) is 0 Å². The molecular weight excluding hydrogens is 284 g/mol. The fraction of sp³-hybridized carbons (Fsp3) is 0.538. The summed E-state index contributed by atoms with van der Waals surface area (Å²) >= 11 is 6.08. The smallest absolute Gasteiger partial charge is 0.244 e. The molecule has 6 heteroatoms. The van der Waals surface area contributed by atoms with Crippen LogP contribution < -0.4 is 5.32 Å². The van der Waals surface area contributed by atoms with Crippen molar-refractivity contribution in [2.24, 2.45) is 0 Å². The molecule has 1 fully saturated rings. The predicted octanol–water partition coefficient (Wildman–Crippen LogP) is 2.23. The van der Waals surface area contributed by atoms with Crippen molar-refractivity contribution in [1.29, 1.82) is 0 Å². The van der Waals surface area contributed by atoms with Crippen LogP contribution in [0.1, 0.15) is 25.3 Å². The Morgan fingerprint density at radius 2 is 2.11 bits per heavy atom. The van der Waals surface area contributed by atoms with Gasteiger partial charge in [-0.05, 0) is 37.6 Å². The van der Waals surface area contributed by atoms with Crippen LogP contribution in [0.15, 0.2) is 23.1 Å². The summed E-state index contributed by atoms with van der Waals surface area (Å²) in [6, 6.07) is 5.31. The van der Waals surface area contributed by atoms with Crippen LogP contribution in [-0.2, 0) is 16.6 Å². The van der Waals surface area contributed by atoms with E-state index in [1.807, 2.05) is 20.0 Å². The van der Waals surface area contributed by atoms with Crippen LogP contribution in [0.25, 0.3) is 0 Å². The van der Waals surface area contributed by atoms with Gasteiger partial charge in [0.2, 0.25) is 10.0 Å². The molecule has 0 radical (unpaired) electrons. The first-order valence-corrected chi connectivity index (χ1v) is 8.27. The average molecular weight is 303 g/mol. The van der Waals surface area contributed by atoms with Gasteiger partial charge in [0.15, 0.2) is 0 Å². The van der Waals surface area contributed by atoms with Crippen LogP contribution in [0, 0.1) is 0 Å². The summed E-state index contributed by atoms with van der Waals surface area (Å²) in [5.41, 5.74) is 0.914. The highest BCUT2D eigenvalue weighted by Crippen LogP contribution is 2.34. The molecule has 1 aliphatic carbocycles. The lowest BCUT2D eigenvalue weighted by molar-refractivity contribution is 0.421. The number of halogens is 1. The van der Waals surface area contributed by atoms with Crippen molar-refractivity contribution in [2.45, 2.75) is 37.2 Å². The summed E-state index contributed by atoms with van der Waals surface area (Å²) in [7, 11) is -1.66. The molecule has 4 nitrogen and oxygen atoms in total. The predicted molar refractivity (Wildman–Crippen MR) is 76.8 cm³/mol. The number of sulfonamides is 1. The molecule has 0 spiro atoms. The molecule has 1 aromatic carbocycles. The van der Waals surface area contributed by atoms with Crippen LogP contribution in [0.2, 0.25) is 5.02 Å². The molecular formula is C13H19ClN2O2S. The second-order valence-electron chi connectivity index (χ2n) is 4.73. The molecule has 1 N–H and O–H groups in total. The van der Waals surface area contributed by atoms with Crippen LogP contribution in [0.5, 0.6) is 0 Å². The average Bonchev–Trinajstić information content (AvgIpc) is 3.17. The van der Waals surface area contributed by atoms with E-state index < -0.39 is 10.0 Å². The Bertz CT molecular complexity index is 556. The summed E-state index contributed by atoms with van der Waals surface area (Å²) < 4.78 is 26.8. The molecule has 0 unspecified atom stereocenters. The van der Waals surface area contributed by atoms with E-state index in [0.29, 0.717) is 18.1 Å². The van der Waals surface area contributed by atoms with Crippen molar-refractivity contribution in [3.63, 3.8) is 0 Å². The van der Waals surface area contributed by atoms with Crippen molar-refractivity contribution in [1.82, 2.24) is 9.62 Å². The summed E-state index contributed by atoms with van der Waals surface area (Å²) in [6.07, 6.45) is 1.89. The van der Waals surface area contributed by atoms with E-state index in [9.17, 15) is 8.42 Å². The van der Waals surface area contributed by atoms with Crippen LogP contribution in [0.4, 0.5) is 0 Å². The van der Waals surface area contributed by atoms with E-state index in [4.69, 9.17) is 11.6 Å². The molecule has 0 saturated heterocycles. The van der Waals surface area contributed by atoms with Gasteiger partial charge >= 0.3 is 0 Å². The van der Waals surface area contributed by atoms with Crippen molar-refractivity contribution in [2.75, 3.05) is 13.6 Å². The van der Waals surface area contributed by atoms with E-state index in [1.54, 1.807) is 16.4 Å². The molecule has 106 valence electrons. The lowest BCUT2D eigenvalue weighted by Crippen LogP contribution is -2.33. The quantitative estimate of drug-likeness (QED) is 0.877. The van der Waals surface area contributed by atoms with Crippen molar-refractivity contribution < 1.29 is 8.42 Å². The third-order valence-corrected chi connectivity index (χ3v) is 5.74. The molecule has 0 aromatic heterocycles. The van der Waals surface area contributed by atoms with Gasteiger partial charge < -0.3 is 5.32 Å². The Hall–Kier alpha value is -0.620.